The number of rotatable bonds is 5. The fourth-order valence-corrected chi connectivity index (χ4v) is 2.23. The van der Waals surface area contributed by atoms with Gasteiger partial charge in [-0.25, -0.2) is 9.67 Å². The van der Waals surface area contributed by atoms with E-state index in [9.17, 15) is 0 Å². The maximum atomic E-state index is 4.31. The van der Waals surface area contributed by atoms with E-state index < -0.39 is 0 Å². The topological polar surface area (TPSA) is 42.7 Å². The molecule has 4 heteroatoms. The molecular formula is C12H22N4. The van der Waals surface area contributed by atoms with Crippen molar-refractivity contribution in [2.45, 2.75) is 52.7 Å². The molecule has 1 aliphatic carbocycles. The van der Waals surface area contributed by atoms with E-state index in [1.54, 1.807) is 6.33 Å². The molecule has 0 bridgehead atoms. The molecule has 1 aromatic rings. The zero-order chi connectivity index (χ0) is 11.5. The average molecular weight is 222 g/mol. The lowest BCUT2D eigenvalue weighted by atomic mass is 9.82. The highest BCUT2D eigenvalue weighted by Gasteiger charge is 2.24. The van der Waals surface area contributed by atoms with Gasteiger partial charge in [0.25, 0.3) is 0 Å². The second-order valence-electron chi connectivity index (χ2n) is 5.41. The third-order valence-electron chi connectivity index (χ3n) is 3.16. The van der Waals surface area contributed by atoms with Crippen LogP contribution in [0.3, 0.4) is 0 Å². The first-order chi connectivity index (χ1) is 7.65. The van der Waals surface area contributed by atoms with Crippen molar-refractivity contribution in [2.24, 2.45) is 11.8 Å². The van der Waals surface area contributed by atoms with E-state index in [0.717, 1.165) is 24.8 Å². The van der Waals surface area contributed by atoms with Crippen molar-refractivity contribution in [2.75, 3.05) is 0 Å². The van der Waals surface area contributed by atoms with Crippen LogP contribution in [-0.2, 0) is 13.1 Å². The predicted octanol–water partition coefficient (Wildman–Crippen LogP) is 1.82. The molecule has 0 radical (unpaired) electrons. The molecular weight excluding hydrogens is 200 g/mol. The van der Waals surface area contributed by atoms with Gasteiger partial charge < -0.3 is 5.32 Å². The van der Waals surface area contributed by atoms with Gasteiger partial charge in [-0.2, -0.15) is 5.10 Å². The van der Waals surface area contributed by atoms with Crippen molar-refractivity contribution in [3.63, 3.8) is 0 Å². The second-order valence-corrected chi connectivity index (χ2v) is 5.41. The maximum absolute atomic E-state index is 4.31. The van der Waals surface area contributed by atoms with Gasteiger partial charge in [-0.1, -0.05) is 20.8 Å². The summed E-state index contributed by atoms with van der Waals surface area (Å²) in [5.41, 5.74) is 0. The van der Waals surface area contributed by atoms with Crippen LogP contribution in [0.2, 0.25) is 0 Å². The average Bonchev–Trinajstić information content (AvgIpc) is 2.57. The second kappa shape index (κ2) is 4.95. The molecule has 16 heavy (non-hydrogen) atoms. The highest BCUT2D eigenvalue weighted by atomic mass is 15.3. The van der Waals surface area contributed by atoms with Crippen molar-refractivity contribution in [3.05, 3.63) is 12.2 Å². The van der Waals surface area contributed by atoms with E-state index in [1.807, 2.05) is 4.68 Å². The standard InChI is InChI=1S/C12H22N4/c1-9(2)7-16-12(14-8-15-16)6-13-11-4-10(3)5-11/h8-11,13H,4-7H2,1-3H3. The predicted molar refractivity (Wildman–Crippen MR) is 63.9 cm³/mol. The highest BCUT2D eigenvalue weighted by molar-refractivity contribution is 4.88. The lowest BCUT2D eigenvalue weighted by molar-refractivity contribution is 0.237. The van der Waals surface area contributed by atoms with Crippen LogP contribution in [0.4, 0.5) is 0 Å². The third kappa shape index (κ3) is 2.82. The molecule has 0 saturated heterocycles. The van der Waals surface area contributed by atoms with Crippen LogP contribution in [0.5, 0.6) is 0 Å². The van der Waals surface area contributed by atoms with Crippen molar-refractivity contribution in [3.8, 4) is 0 Å². The van der Waals surface area contributed by atoms with E-state index in [0.29, 0.717) is 12.0 Å². The Hall–Kier alpha value is -0.900. The van der Waals surface area contributed by atoms with Crippen LogP contribution in [-0.4, -0.2) is 20.8 Å². The molecule has 1 N–H and O–H groups in total. The van der Waals surface area contributed by atoms with Crippen molar-refractivity contribution in [1.82, 2.24) is 20.1 Å². The molecule has 1 fully saturated rings. The lowest BCUT2D eigenvalue weighted by Crippen LogP contribution is -2.40. The molecule has 1 aliphatic rings. The molecule has 2 rings (SSSR count). The Labute approximate surface area is 97.5 Å². The molecule has 0 unspecified atom stereocenters. The summed E-state index contributed by atoms with van der Waals surface area (Å²) in [4.78, 5) is 4.31. The number of nitrogens with zero attached hydrogens (tertiary/aromatic N) is 3. The van der Waals surface area contributed by atoms with E-state index in [4.69, 9.17) is 0 Å². The normalized spacial score (nSPS) is 24.8. The van der Waals surface area contributed by atoms with Crippen molar-refractivity contribution < 1.29 is 0 Å². The first-order valence-electron chi connectivity index (χ1n) is 6.25. The van der Waals surface area contributed by atoms with E-state index in [1.165, 1.54) is 12.8 Å². The highest BCUT2D eigenvalue weighted by Crippen LogP contribution is 2.26. The minimum Gasteiger partial charge on any atom is -0.307 e. The summed E-state index contributed by atoms with van der Waals surface area (Å²) in [5, 5.41) is 7.80. The van der Waals surface area contributed by atoms with Crippen LogP contribution in [0.15, 0.2) is 6.33 Å². The van der Waals surface area contributed by atoms with Crippen molar-refractivity contribution >= 4 is 0 Å². The van der Waals surface area contributed by atoms with Crippen molar-refractivity contribution in [1.29, 1.82) is 0 Å². The first kappa shape index (κ1) is 11.6. The Kier molecular flexibility index (Phi) is 3.59. The van der Waals surface area contributed by atoms with Gasteiger partial charge in [-0.05, 0) is 24.7 Å². The molecule has 1 heterocycles. The van der Waals surface area contributed by atoms with Gasteiger partial charge in [0, 0.05) is 12.6 Å². The third-order valence-corrected chi connectivity index (χ3v) is 3.16. The van der Waals surface area contributed by atoms with E-state index in [-0.39, 0.29) is 0 Å². The maximum Gasteiger partial charge on any atom is 0.140 e. The minimum atomic E-state index is 0.615. The summed E-state index contributed by atoms with van der Waals surface area (Å²) in [6.45, 7) is 8.51. The monoisotopic (exact) mass is 222 g/mol. The summed E-state index contributed by atoms with van der Waals surface area (Å²) >= 11 is 0. The molecule has 1 aromatic heterocycles. The summed E-state index contributed by atoms with van der Waals surface area (Å²) in [6.07, 6.45) is 4.26. The minimum absolute atomic E-state index is 0.615. The van der Waals surface area contributed by atoms with Crippen LogP contribution in [0, 0.1) is 11.8 Å². The number of nitrogens with one attached hydrogen (secondary N) is 1. The van der Waals surface area contributed by atoms with Gasteiger partial charge in [-0.15, -0.1) is 0 Å². The van der Waals surface area contributed by atoms with E-state index >= 15 is 0 Å². The Morgan fingerprint density at radius 2 is 2.25 bits per heavy atom. The quantitative estimate of drug-likeness (QED) is 0.826. The first-order valence-corrected chi connectivity index (χ1v) is 6.25. The van der Waals surface area contributed by atoms with Crippen LogP contribution < -0.4 is 5.32 Å². The summed E-state index contributed by atoms with van der Waals surface area (Å²) < 4.78 is 2.01. The largest absolute Gasteiger partial charge is 0.307 e. The fourth-order valence-electron chi connectivity index (χ4n) is 2.23. The molecule has 1 saturated carbocycles. The van der Waals surface area contributed by atoms with Gasteiger partial charge in [0.05, 0.1) is 6.54 Å². The van der Waals surface area contributed by atoms with Crippen LogP contribution >= 0.6 is 0 Å². The fraction of sp³-hybridized carbons (Fsp3) is 0.833. The van der Waals surface area contributed by atoms with Gasteiger partial charge in [0.2, 0.25) is 0 Å². The van der Waals surface area contributed by atoms with Gasteiger partial charge in [-0.3, -0.25) is 0 Å². The Morgan fingerprint density at radius 3 is 2.88 bits per heavy atom. The smallest absolute Gasteiger partial charge is 0.140 e. The zero-order valence-corrected chi connectivity index (χ0v) is 10.5. The molecule has 4 nitrogen and oxygen atoms in total. The lowest BCUT2D eigenvalue weighted by Gasteiger charge is -2.33. The Bertz CT molecular complexity index is 326. The summed E-state index contributed by atoms with van der Waals surface area (Å²) in [5.74, 6) is 2.57. The zero-order valence-electron chi connectivity index (χ0n) is 10.5. The number of hydrogen-bond acceptors (Lipinski definition) is 3. The van der Waals surface area contributed by atoms with Gasteiger partial charge in [0.15, 0.2) is 0 Å². The molecule has 0 spiro atoms. The van der Waals surface area contributed by atoms with Gasteiger partial charge in [0.1, 0.15) is 12.2 Å². The van der Waals surface area contributed by atoms with Crippen LogP contribution in [0.1, 0.15) is 39.4 Å². The van der Waals surface area contributed by atoms with E-state index in [2.05, 4.69) is 36.2 Å². The summed E-state index contributed by atoms with van der Waals surface area (Å²) in [6, 6.07) is 0.694. The SMILES string of the molecule is CC(C)Cn1ncnc1CNC1CC(C)C1. The van der Waals surface area contributed by atoms with Gasteiger partial charge >= 0.3 is 0 Å². The molecule has 0 amide bonds. The molecule has 90 valence electrons. The number of aromatic nitrogens is 3. The number of hydrogen-bond donors (Lipinski definition) is 1. The molecule has 0 atom stereocenters. The summed E-state index contributed by atoms with van der Waals surface area (Å²) in [7, 11) is 0. The Morgan fingerprint density at radius 1 is 1.50 bits per heavy atom. The molecule has 0 aliphatic heterocycles. The Balaban J connectivity index is 1.82. The van der Waals surface area contributed by atoms with Crippen LogP contribution in [0.25, 0.3) is 0 Å². The molecule has 0 aromatic carbocycles.